The van der Waals surface area contributed by atoms with Crippen molar-refractivity contribution in [1.82, 2.24) is 4.98 Å². The van der Waals surface area contributed by atoms with Gasteiger partial charge in [0.2, 0.25) is 0 Å². The molecule has 0 bridgehead atoms. The van der Waals surface area contributed by atoms with E-state index in [1.165, 1.54) is 12.0 Å². The molecule has 1 aromatic heterocycles. The van der Waals surface area contributed by atoms with E-state index in [9.17, 15) is 19.5 Å². The zero-order valence-corrected chi connectivity index (χ0v) is 25.9. The summed E-state index contributed by atoms with van der Waals surface area (Å²) in [4.78, 5) is 45.5. The third-order valence-electron chi connectivity index (χ3n) is 6.78. The van der Waals surface area contributed by atoms with E-state index in [0.717, 1.165) is 17.8 Å². The Bertz CT molecular complexity index is 1530. The highest BCUT2D eigenvalue weighted by Crippen LogP contribution is 2.45. The zero-order valence-electron chi connectivity index (χ0n) is 25.1. The standard InChI is InChI=1S/C32H36N2O8S/c1-7-40-22-12-9-20(10-13-22)27(35)25-26(21-11-14-23(24(17-21)41-8-2)42-16-15-18(3)4)34(30(37)28(25)36)32-33-19(5)29(43-32)31(38)39-6/h9-14,17-18,26,35H,7-8,15-16H2,1-6H3. The molecule has 0 radical (unpaired) electrons. The number of ketones is 1. The van der Waals surface area contributed by atoms with Crippen molar-refractivity contribution in [2.45, 2.75) is 47.1 Å². The predicted octanol–water partition coefficient (Wildman–Crippen LogP) is 6.09. The van der Waals surface area contributed by atoms with E-state index in [-0.39, 0.29) is 21.3 Å². The molecule has 0 saturated carbocycles. The van der Waals surface area contributed by atoms with Crippen LogP contribution >= 0.6 is 11.3 Å². The topological polar surface area (TPSA) is 124 Å². The van der Waals surface area contributed by atoms with Gasteiger partial charge in [-0.1, -0.05) is 31.3 Å². The number of ether oxygens (including phenoxy) is 4. The van der Waals surface area contributed by atoms with Gasteiger partial charge in [0.1, 0.15) is 16.4 Å². The van der Waals surface area contributed by atoms with Crippen LogP contribution in [0.5, 0.6) is 17.2 Å². The summed E-state index contributed by atoms with van der Waals surface area (Å²) in [6, 6.07) is 10.7. The summed E-state index contributed by atoms with van der Waals surface area (Å²) in [5, 5.41) is 11.6. The second kappa shape index (κ2) is 13.7. The normalized spacial score (nSPS) is 16.1. The molecule has 228 valence electrons. The maximum atomic E-state index is 13.6. The van der Waals surface area contributed by atoms with Crippen molar-refractivity contribution in [3.8, 4) is 17.2 Å². The first-order valence-corrected chi connectivity index (χ1v) is 14.9. The van der Waals surface area contributed by atoms with Crippen LogP contribution in [0.2, 0.25) is 0 Å². The number of methoxy groups -OCH3 is 1. The number of aromatic nitrogens is 1. The first-order valence-electron chi connectivity index (χ1n) is 14.1. The number of hydrogen-bond acceptors (Lipinski definition) is 10. The lowest BCUT2D eigenvalue weighted by Crippen LogP contribution is -2.29. The van der Waals surface area contributed by atoms with Crippen molar-refractivity contribution in [2.75, 3.05) is 31.8 Å². The lowest BCUT2D eigenvalue weighted by molar-refractivity contribution is -0.132. The molecule has 11 heteroatoms. The smallest absolute Gasteiger partial charge is 0.350 e. The number of aliphatic hydroxyl groups excluding tert-OH is 1. The molecule has 2 aromatic carbocycles. The van der Waals surface area contributed by atoms with Crippen molar-refractivity contribution in [1.29, 1.82) is 0 Å². The molecule has 1 aliphatic heterocycles. The van der Waals surface area contributed by atoms with E-state index < -0.39 is 23.7 Å². The van der Waals surface area contributed by atoms with E-state index in [1.54, 1.807) is 49.4 Å². The van der Waals surface area contributed by atoms with Gasteiger partial charge in [0.25, 0.3) is 5.78 Å². The number of nitrogens with zero attached hydrogens (tertiary/aromatic N) is 2. The highest BCUT2D eigenvalue weighted by molar-refractivity contribution is 7.17. The Kier molecular flexibility index (Phi) is 10.1. The number of Topliss-reactive ketones (excluding diaryl/α,β-unsaturated/α-hetero) is 1. The van der Waals surface area contributed by atoms with Crippen molar-refractivity contribution >= 4 is 39.9 Å². The molecular weight excluding hydrogens is 572 g/mol. The van der Waals surface area contributed by atoms with Gasteiger partial charge in [-0.15, -0.1) is 0 Å². The average molecular weight is 609 g/mol. The van der Waals surface area contributed by atoms with Crippen LogP contribution in [0.25, 0.3) is 5.76 Å². The van der Waals surface area contributed by atoms with Crippen LogP contribution in [0.4, 0.5) is 5.13 Å². The summed E-state index contributed by atoms with van der Waals surface area (Å²) in [7, 11) is 1.25. The molecule has 1 saturated heterocycles. The molecule has 1 N–H and O–H groups in total. The number of aliphatic hydroxyl groups is 1. The Labute approximate surface area is 254 Å². The molecule has 43 heavy (non-hydrogen) atoms. The van der Waals surface area contributed by atoms with Gasteiger partial charge >= 0.3 is 11.9 Å². The third kappa shape index (κ3) is 6.67. The Hall–Kier alpha value is -4.38. The minimum Gasteiger partial charge on any atom is -0.507 e. The summed E-state index contributed by atoms with van der Waals surface area (Å²) < 4.78 is 22.3. The zero-order chi connectivity index (χ0) is 31.3. The molecule has 0 spiro atoms. The quantitative estimate of drug-likeness (QED) is 0.113. The number of anilines is 1. The molecule has 4 rings (SSSR count). The number of benzene rings is 2. The molecule has 10 nitrogen and oxygen atoms in total. The van der Waals surface area contributed by atoms with E-state index in [4.69, 9.17) is 18.9 Å². The summed E-state index contributed by atoms with van der Waals surface area (Å²) >= 11 is 0.933. The molecule has 1 amide bonds. The fraction of sp³-hybridized carbons (Fsp3) is 0.375. The summed E-state index contributed by atoms with van der Waals surface area (Å²) in [5.74, 6) is -0.741. The maximum Gasteiger partial charge on any atom is 0.350 e. The van der Waals surface area contributed by atoms with Gasteiger partial charge < -0.3 is 24.1 Å². The fourth-order valence-corrected chi connectivity index (χ4v) is 5.64. The van der Waals surface area contributed by atoms with Crippen LogP contribution in [0.15, 0.2) is 48.0 Å². The number of aryl methyl sites for hydroxylation is 1. The maximum absolute atomic E-state index is 13.6. The van der Waals surface area contributed by atoms with Crippen LogP contribution in [0.1, 0.15) is 66.7 Å². The van der Waals surface area contributed by atoms with Crippen molar-refractivity contribution in [3.05, 3.63) is 69.7 Å². The molecule has 1 atom stereocenters. The molecular formula is C32H36N2O8S. The summed E-state index contributed by atoms with van der Waals surface area (Å²) in [5.41, 5.74) is 1.04. The minimum atomic E-state index is -1.08. The molecule has 0 aliphatic carbocycles. The number of carbonyl (C=O) groups is 3. The van der Waals surface area contributed by atoms with Gasteiger partial charge in [-0.2, -0.15) is 0 Å². The number of rotatable bonds is 12. The van der Waals surface area contributed by atoms with Crippen LogP contribution in [0.3, 0.4) is 0 Å². The minimum absolute atomic E-state index is 0.117. The van der Waals surface area contributed by atoms with Crippen LogP contribution < -0.4 is 19.1 Å². The highest BCUT2D eigenvalue weighted by atomic mass is 32.1. The SMILES string of the molecule is CCOc1ccc(C(O)=C2C(=O)C(=O)N(c3nc(C)c(C(=O)OC)s3)C2c2ccc(OCCC(C)C)c(OCC)c2)cc1. The van der Waals surface area contributed by atoms with E-state index in [2.05, 4.69) is 18.8 Å². The van der Waals surface area contributed by atoms with Crippen molar-refractivity contribution in [3.63, 3.8) is 0 Å². The number of amides is 1. The van der Waals surface area contributed by atoms with Crippen molar-refractivity contribution < 1.29 is 38.4 Å². The predicted molar refractivity (Wildman–Crippen MR) is 163 cm³/mol. The van der Waals surface area contributed by atoms with Gasteiger partial charge in [-0.3, -0.25) is 14.5 Å². The van der Waals surface area contributed by atoms with Crippen molar-refractivity contribution in [2.24, 2.45) is 5.92 Å². The van der Waals surface area contributed by atoms with Crippen LogP contribution in [-0.2, 0) is 14.3 Å². The Morgan fingerprint density at radius 1 is 1.02 bits per heavy atom. The Morgan fingerprint density at radius 2 is 1.72 bits per heavy atom. The number of esters is 1. The second-order valence-electron chi connectivity index (χ2n) is 10.2. The van der Waals surface area contributed by atoms with Gasteiger partial charge in [0.05, 0.1) is 44.2 Å². The first-order chi connectivity index (χ1) is 20.6. The Morgan fingerprint density at radius 3 is 2.35 bits per heavy atom. The molecule has 1 unspecified atom stereocenters. The van der Waals surface area contributed by atoms with E-state index in [1.807, 2.05) is 13.8 Å². The monoisotopic (exact) mass is 608 g/mol. The number of carbonyl (C=O) groups excluding carboxylic acids is 3. The fourth-order valence-electron chi connectivity index (χ4n) is 4.63. The summed E-state index contributed by atoms with van der Waals surface area (Å²) in [6.45, 7) is 10.8. The van der Waals surface area contributed by atoms with Gasteiger partial charge in [0.15, 0.2) is 16.6 Å². The largest absolute Gasteiger partial charge is 0.507 e. The molecule has 1 aliphatic rings. The van der Waals surface area contributed by atoms with Crippen LogP contribution in [-0.4, -0.2) is 54.7 Å². The molecule has 1 fully saturated rings. The second-order valence-corrected chi connectivity index (χ2v) is 11.2. The van der Waals surface area contributed by atoms with Gasteiger partial charge in [0, 0.05) is 5.56 Å². The van der Waals surface area contributed by atoms with E-state index >= 15 is 0 Å². The Balaban J connectivity index is 1.88. The van der Waals surface area contributed by atoms with Gasteiger partial charge in [-0.05, 0) is 75.1 Å². The lowest BCUT2D eigenvalue weighted by atomic mass is 9.95. The number of hydrogen-bond donors (Lipinski definition) is 1. The third-order valence-corrected chi connectivity index (χ3v) is 7.92. The molecule has 2 heterocycles. The van der Waals surface area contributed by atoms with Crippen LogP contribution in [0, 0.1) is 12.8 Å². The highest BCUT2D eigenvalue weighted by Gasteiger charge is 2.48. The average Bonchev–Trinajstić information content (AvgIpc) is 3.49. The summed E-state index contributed by atoms with van der Waals surface area (Å²) in [6.07, 6.45) is 0.849. The lowest BCUT2D eigenvalue weighted by Gasteiger charge is -2.24. The first kappa shape index (κ1) is 31.6. The number of thiazole rings is 1. The van der Waals surface area contributed by atoms with Gasteiger partial charge in [-0.25, -0.2) is 9.78 Å². The molecule has 3 aromatic rings. The van der Waals surface area contributed by atoms with E-state index in [0.29, 0.717) is 59.8 Å².